The number of ether oxygens (including phenoxy) is 1. The fourth-order valence-electron chi connectivity index (χ4n) is 3.92. The van der Waals surface area contributed by atoms with E-state index in [1.54, 1.807) is 12.1 Å². The Kier molecular flexibility index (Phi) is 3.75. The Labute approximate surface area is 144 Å². The highest BCUT2D eigenvalue weighted by Gasteiger charge is 2.67. The van der Waals surface area contributed by atoms with Crippen LogP contribution in [0.15, 0.2) is 42.5 Å². The van der Waals surface area contributed by atoms with Crippen LogP contribution in [0, 0.1) is 17.7 Å². The lowest BCUT2D eigenvalue weighted by molar-refractivity contribution is 0.275. The van der Waals surface area contributed by atoms with Gasteiger partial charge in [0.05, 0.1) is 16.7 Å². The molecule has 120 valence electrons. The molecule has 0 amide bonds. The van der Waals surface area contributed by atoms with Crippen LogP contribution in [0.1, 0.15) is 5.56 Å². The first-order valence-corrected chi connectivity index (χ1v) is 8.41. The molecule has 2 nitrogen and oxygen atoms in total. The van der Waals surface area contributed by atoms with Gasteiger partial charge in [-0.1, -0.05) is 29.3 Å². The topological polar surface area (TPSA) is 21.3 Å². The molecule has 4 rings (SSSR count). The van der Waals surface area contributed by atoms with E-state index in [1.807, 2.05) is 12.1 Å². The molecule has 2 fully saturated rings. The van der Waals surface area contributed by atoms with E-state index in [0.29, 0.717) is 34.2 Å². The van der Waals surface area contributed by atoms with Gasteiger partial charge in [0.25, 0.3) is 0 Å². The zero-order chi connectivity index (χ0) is 16.0. The van der Waals surface area contributed by atoms with Crippen LogP contribution in [0.5, 0.6) is 5.75 Å². The maximum absolute atomic E-state index is 13.0. The Bertz CT molecular complexity index is 736. The van der Waals surface area contributed by atoms with Crippen molar-refractivity contribution in [1.82, 2.24) is 5.32 Å². The molecule has 0 spiro atoms. The lowest BCUT2D eigenvalue weighted by atomic mass is 9.93. The van der Waals surface area contributed by atoms with Crippen molar-refractivity contribution in [3.8, 4) is 5.75 Å². The molecule has 5 heteroatoms. The Morgan fingerprint density at radius 2 is 1.91 bits per heavy atom. The van der Waals surface area contributed by atoms with Crippen LogP contribution < -0.4 is 10.1 Å². The number of benzene rings is 2. The second kappa shape index (κ2) is 5.66. The van der Waals surface area contributed by atoms with Gasteiger partial charge in [-0.3, -0.25) is 0 Å². The van der Waals surface area contributed by atoms with Crippen LogP contribution in [-0.2, 0) is 5.41 Å². The number of hydrogen-bond donors (Lipinski definition) is 1. The fourth-order valence-corrected chi connectivity index (χ4v) is 4.22. The Morgan fingerprint density at radius 3 is 2.65 bits per heavy atom. The average molecular weight is 352 g/mol. The van der Waals surface area contributed by atoms with E-state index in [4.69, 9.17) is 27.9 Å². The van der Waals surface area contributed by atoms with Gasteiger partial charge in [-0.25, -0.2) is 4.39 Å². The molecule has 3 unspecified atom stereocenters. The van der Waals surface area contributed by atoms with Crippen LogP contribution >= 0.6 is 23.2 Å². The maximum Gasteiger partial charge on any atom is 0.123 e. The summed E-state index contributed by atoms with van der Waals surface area (Å²) < 4.78 is 18.8. The molecule has 3 atom stereocenters. The molecule has 23 heavy (non-hydrogen) atoms. The van der Waals surface area contributed by atoms with Gasteiger partial charge in [0, 0.05) is 17.9 Å². The zero-order valence-corrected chi connectivity index (χ0v) is 13.9. The first-order valence-electron chi connectivity index (χ1n) is 7.66. The van der Waals surface area contributed by atoms with Crippen LogP contribution in [0.25, 0.3) is 0 Å². The highest BCUT2D eigenvalue weighted by Crippen LogP contribution is 2.62. The van der Waals surface area contributed by atoms with Crippen molar-refractivity contribution in [2.75, 3.05) is 19.7 Å². The number of nitrogens with one attached hydrogen (secondary N) is 1. The molecule has 2 aromatic carbocycles. The van der Waals surface area contributed by atoms with Crippen LogP contribution in [0.2, 0.25) is 10.0 Å². The summed E-state index contributed by atoms with van der Waals surface area (Å²) in [4.78, 5) is 0. The summed E-state index contributed by atoms with van der Waals surface area (Å²) in [6, 6.07) is 12.1. The normalized spacial score (nSPS) is 28.5. The molecular formula is C18H16Cl2FNO. The van der Waals surface area contributed by atoms with Crippen molar-refractivity contribution < 1.29 is 9.13 Å². The van der Waals surface area contributed by atoms with Gasteiger partial charge < -0.3 is 10.1 Å². The quantitative estimate of drug-likeness (QED) is 0.886. The Morgan fingerprint density at radius 1 is 1.13 bits per heavy atom. The Balaban J connectivity index is 1.52. The summed E-state index contributed by atoms with van der Waals surface area (Å²) in [6.45, 7) is 2.53. The third kappa shape index (κ3) is 2.51. The Hall–Kier alpha value is -1.29. The van der Waals surface area contributed by atoms with Gasteiger partial charge in [-0.2, -0.15) is 0 Å². The fraction of sp³-hybridized carbons (Fsp3) is 0.333. The summed E-state index contributed by atoms with van der Waals surface area (Å²) in [6.07, 6.45) is 0. The SMILES string of the molecule is Fc1ccc(OCC2C3CNCC32c2ccc(Cl)c(Cl)c2)cc1. The van der Waals surface area contributed by atoms with E-state index in [-0.39, 0.29) is 11.2 Å². The molecule has 2 aromatic rings. The van der Waals surface area contributed by atoms with E-state index in [0.717, 1.165) is 13.1 Å². The molecule has 1 heterocycles. The van der Waals surface area contributed by atoms with Gasteiger partial charge in [0.15, 0.2) is 0 Å². The minimum Gasteiger partial charge on any atom is -0.493 e. The van der Waals surface area contributed by atoms with E-state index in [9.17, 15) is 4.39 Å². The molecule has 1 aliphatic carbocycles. The summed E-state index contributed by atoms with van der Waals surface area (Å²) in [5.74, 6) is 1.43. The van der Waals surface area contributed by atoms with Gasteiger partial charge >= 0.3 is 0 Å². The number of piperidine rings is 1. The predicted octanol–water partition coefficient (Wildman–Crippen LogP) is 4.30. The van der Waals surface area contributed by atoms with E-state index >= 15 is 0 Å². The molecule has 1 saturated heterocycles. The largest absolute Gasteiger partial charge is 0.493 e. The zero-order valence-electron chi connectivity index (χ0n) is 12.4. The van der Waals surface area contributed by atoms with Crippen LogP contribution in [-0.4, -0.2) is 19.7 Å². The second-order valence-corrected chi connectivity index (χ2v) is 7.09. The molecule has 1 N–H and O–H groups in total. The highest BCUT2D eigenvalue weighted by atomic mass is 35.5. The van der Waals surface area contributed by atoms with Gasteiger partial charge in [0.2, 0.25) is 0 Å². The van der Waals surface area contributed by atoms with Crippen LogP contribution in [0.4, 0.5) is 4.39 Å². The summed E-state index contributed by atoms with van der Waals surface area (Å²) in [7, 11) is 0. The number of rotatable bonds is 4. The number of hydrogen-bond acceptors (Lipinski definition) is 2. The average Bonchev–Trinajstić information content (AvgIpc) is 2.94. The molecule has 1 aliphatic heterocycles. The minimum absolute atomic E-state index is 0.0776. The van der Waals surface area contributed by atoms with Crippen molar-refractivity contribution in [3.63, 3.8) is 0 Å². The van der Waals surface area contributed by atoms with Crippen molar-refractivity contribution in [1.29, 1.82) is 0 Å². The van der Waals surface area contributed by atoms with Crippen molar-refractivity contribution in [2.45, 2.75) is 5.41 Å². The van der Waals surface area contributed by atoms with Gasteiger partial charge in [0.1, 0.15) is 11.6 Å². The molecule has 0 aromatic heterocycles. The number of fused-ring (bicyclic) bond motifs is 1. The van der Waals surface area contributed by atoms with Crippen molar-refractivity contribution >= 4 is 23.2 Å². The second-order valence-electron chi connectivity index (χ2n) is 6.28. The highest BCUT2D eigenvalue weighted by molar-refractivity contribution is 6.42. The molecule has 0 radical (unpaired) electrons. The first kappa shape index (κ1) is 15.3. The predicted molar refractivity (Wildman–Crippen MR) is 89.9 cm³/mol. The summed E-state index contributed by atoms with van der Waals surface area (Å²) in [5, 5.41) is 4.62. The van der Waals surface area contributed by atoms with Gasteiger partial charge in [-0.15, -0.1) is 0 Å². The smallest absolute Gasteiger partial charge is 0.123 e. The monoisotopic (exact) mass is 351 g/mol. The van der Waals surface area contributed by atoms with Crippen molar-refractivity contribution in [3.05, 3.63) is 63.9 Å². The minimum atomic E-state index is -0.253. The molecule has 2 aliphatic rings. The third-order valence-electron chi connectivity index (χ3n) is 5.18. The summed E-state index contributed by atoms with van der Waals surface area (Å²) >= 11 is 12.2. The third-order valence-corrected chi connectivity index (χ3v) is 5.92. The standard InChI is InChI=1S/C18H16Cl2FNO/c19-16-6-1-11(7-17(16)20)18-10-22-8-14(18)15(18)9-23-13-4-2-12(21)3-5-13/h1-7,14-15,22H,8-10H2. The lowest BCUT2D eigenvalue weighted by Gasteiger charge is -2.17. The first-order chi connectivity index (χ1) is 11.1. The van der Waals surface area contributed by atoms with Crippen LogP contribution in [0.3, 0.4) is 0 Å². The van der Waals surface area contributed by atoms with Crippen molar-refractivity contribution in [2.24, 2.45) is 11.8 Å². The molecule has 1 saturated carbocycles. The summed E-state index contributed by atoms with van der Waals surface area (Å²) in [5.41, 5.74) is 1.29. The maximum atomic E-state index is 13.0. The number of halogens is 3. The lowest BCUT2D eigenvalue weighted by Crippen LogP contribution is -2.25. The van der Waals surface area contributed by atoms with E-state index in [2.05, 4.69) is 11.4 Å². The molecular weight excluding hydrogens is 336 g/mol. The van der Waals surface area contributed by atoms with E-state index < -0.39 is 0 Å². The van der Waals surface area contributed by atoms with E-state index in [1.165, 1.54) is 17.7 Å². The molecule has 0 bridgehead atoms. The van der Waals surface area contributed by atoms with Gasteiger partial charge in [-0.05, 0) is 54.4 Å².